The molecule has 2 aromatic carbocycles. The highest BCUT2D eigenvalue weighted by atomic mass is 35.5. The van der Waals surface area contributed by atoms with E-state index in [1.807, 2.05) is 30.3 Å². The lowest BCUT2D eigenvalue weighted by Crippen LogP contribution is -2.43. The van der Waals surface area contributed by atoms with Crippen LogP contribution >= 0.6 is 11.6 Å². The molecule has 0 radical (unpaired) electrons. The van der Waals surface area contributed by atoms with Crippen LogP contribution in [0.5, 0.6) is 5.75 Å². The number of aliphatic hydroxyl groups excluding tert-OH is 1. The Bertz CT molecular complexity index is 746. The second-order valence-corrected chi connectivity index (χ2v) is 6.83. The number of amides is 1. The van der Waals surface area contributed by atoms with E-state index >= 15 is 0 Å². The number of nitrogens with one attached hydrogen (secondary N) is 1. The van der Waals surface area contributed by atoms with Crippen molar-refractivity contribution in [3.8, 4) is 5.75 Å². The molecule has 1 amide bonds. The van der Waals surface area contributed by atoms with Gasteiger partial charge in [0, 0.05) is 18.8 Å². The van der Waals surface area contributed by atoms with E-state index in [9.17, 15) is 9.90 Å². The number of benzene rings is 2. The predicted octanol–water partition coefficient (Wildman–Crippen LogP) is 3.49. The van der Waals surface area contributed by atoms with E-state index in [0.29, 0.717) is 42.4 Å². The van der Waals surface area contributed by atoms with Crippen LogP contribution in [0.4, 0.5) is 5.69 Å². The number of methoxy groups -OCH3 is 1. The van der Waals surface area contributed by atoms with Crippen molar-refractivity contribution in [3.05, 3.63) is 59.1 Å². The summed E-state index contributed by atoms with van der Waals surface area (Å²) >= 11 is 6.16. The second-order valence-electron chi connectivity index (χ2n) is 6.42. The third-order valence-corrected chi connectivity index (χ3v) is 4.94. The van der Waals surface area contributed by atoms with Gasteiger partial charge in [-0.15, -0.1) is 0 Å². The number of hydrogen-bond acceptors (Lipinski definition) is 4. The molecule has 2 aromatic rings. The fourth-order valence-electron chi connectivity index (χ4n) is 3.26. The van der Waals surface area contributed by atoms with Crippen molar-refractivity contribution in [2.24, 2.45) is 0 Å². The highest BCUT2D eigenvalue weighted by Gasteiger charge is 2.30. The average Bonchev–Trinajstić information content (AvgIpc) is 2.65. The molecule has 0 bridgehead atoms. The molecule has 26 heavy (non-hydrogen) atoms. The first kappa shape index (κ1) is 18.7. The number of nitrogens with zero attached hydrogens (tertiary/aromatic N) is 1. The number of likely N-dealkylation sites (tertiary alicyclic amines) is 1. The van der Waals surface area contributed by atoms with Gasteiger partial charge in [0.25, 0.3) is 0 Å². The first-order valence-electron chi connectivity index (χ1n) is 8.70. The molecule has 2 N–H and O–H groups in total. The quantitative estimate of drug-likeness (QED) is 0.841. The monoisotopic (exact) mass is 374 g/mol. The highest BCUT2D eigenvalue weighted by Crippen LogP contribution is 2.30. The normalized spacial score (nSPS) is 16.9. The summed E-state index contributed by atoms with van der Waals surface area (Å²) in [5, 5.41) is 13.2. The van der Waals surface area contributed by atoms with Gasteiger partial charge in [-0.1, -0.05) is 41.9 Å². The average molecular weight is 375 g/mol. The lowest BCUT2D eigenvalue weighted by atomic mass is 9.99. The molecule has 0 unspecified atom stereocenters. The molecule has 1 fully saturated rings. The van der Waals surface area contributed by atoms with Crippen LogP contribution in [0, 0.1) is 0 Å². The fraction of sp³-hybridized carbons (Fsp3) is 0.350. The molecule has 0 aromatic heterocycles. The number of piperidine rings is 1. The number of hydrogen-bond donors (Lipinski definition) is 2. The zero-order valence-corrected chi connectivity index (χ0v) is 15.4. The van der Waals surface area contributed by atoms with Gasteiger partial charge in [-0.25, -0.2) is 0 Å². The summed E-state index contributed by atoms with van der Waals surface area (Å²) in [5.41, 5.74) is 1.56. The van der Waals surface area contributed by atoms with Crippen LogP contribution in [-0.2, 0) is 4.79 Å². The third-order valence-electron chi connectivity index (χ3n) is 4.65. The van der Waals surface area contributed by atoms with E-state index in [0.717, 1.165) is 5.56 Å². The summed E-state index contributed by atoms with van der Waals surface area (Å²) in [6.07, 6.45) is 1.06. The molecule has 6 heteroatoms. The molecule has 138 valence electrons. The van der Waals surface area contributed by atoms with Gasteiger partial charge in [-0.2, -0.15) is 0 Å². The number of rotatable bonds is 5. The largest absolute Gasteiger partial charge is 0.495 e. The van der Waals surface area contributed by atoms with E-state index in [1.165, 1.54) is 0 Å². The third kappa shape index (κ3) is 4.36. The van der Waals surface area contributed by atoms with Gasteiger partial charge in [-0.05, 0) is 36.6 Å². The topological polar surface area (TPSA) is 61.8 Å². The van der Waals surface area contributed by atoms with Crippen molar-refractivity contribution in [1.29, 1.82) is 0 Å². The van der Waals surface area contributed by atoms with Crippen molar-refractivity contribution in [2.45, 2.75) is 25.0 Å². The van der Waals surface area contributed by atoms with Gasteiger partial charge in [0.15, 0.2) is 0 Å². The minimum absolute atomic E-state index is 0.117. The van der Waals surface area contributed by atoms with Crippen LogP contribution < -0.4 is 10.1 Å². The number of carbonyl (C=O) groups is 1. The van der Waals surface area contributed by atoms with Gasteiger partial charge in [0.05, 0.1) is 18.2 Å². The molecule has 3 rings (SSSR count). The molecular weight excluding hydrogens is 352 g/mol. The zero-order chi connectivity index (χ0) is 18.5. The Hall–Kier alpha value is -2.08. The van der Waals surface area contributed by atoms with E-state index in [-0.39, 0.29) is 12.0 Å². The number of ether oxygens (including phenoxy) is 1. The van der Waals surface area contributed by atoms with Gasteiger partial charge in [0.2, 0.25) is 5.91 Å². The van der Waals surface area contributed by atoms with E-state index in [1.54, 1.807) is 25.3 Å². The van der Waals surface area contributed by atoms with Crippen molar-refractivity contribution in [2.75, 3.05) is 25.5 Å². The minimum atomic E-state index is -0.412. The molecule has 0 spiro atoms. The Morgan fingerprint density at radius 3 is 2.54 bits per heavy atom. The molecule has 1 aliphatic rings. The summed E-state index contributed by atoms with van der Waals surface area (Å²) in [7, 11) is 1.55. The first-order valence-corrected chi connectivity index (χ1v) is 9.07. The molecule has 1 aliphatic heterocycles. The number of anilines is 1. The number of halogens is 1. The minimum Gasteiger partial charge on any atom is -0.495 e. The maximum Gasteiger partial charge on any atom is 0.246 e. The van der Waals surface area contributed by atoms with E-state index in [2.05, 4.69) is 10.2 Å². The SMILES string of the molecule is COc1ccc(NC(=O)[C@H](c2ccccc2)N2CCC(O)CC2)cc1Cl. The van der Waals surface area contributed by atoms with Crippen LogP contribution in [0.2, 0.25) is 5.02 Å². The van der Waals surface area contributed by atoms with E-state index in [4.69, 9.17) is 16.3 Å². The molecule has 1 heterocycles. The molecule has 1 saturated heterocycles. The van der Waals surface area contributed by atoms with Gasteiger partial charge < -0.3 is 15.2 Å². The van der Waals surface area contributed by atoms with Crippen LogP contribution in [0.1, 0.15) is 24.4 Å². The molecule has 5 nitrogen and oxygen atoms in total. The van der Waals surface area contributed by atoms with Crippen LogP contribution in [0.25, 0.3) is 0 Å². The Morgan fingerprint density at radius 1 is 1.23 bits per heavy atom. The highest BCUT2D eigenvalue weighted by molar-refractivity contribution is 6.32. The van der Waals surface area contributed by atoms with Crippen LogP contribution in [-0.4, -0.2) is 42.2 Å². The van der Waals surface area contributed by atoms with Crippen LogP contribution in [0.15, 0.2) is 48.5 Å². The standard InChI is InChI=1S/C20H23ClN2O3/c1-26-18-8-7-15(13-17(18)21)22-20(25)19(14-5-3-2-4-6-14)23-11-9-16(24)10-12-23/h2-8,13,16,19,24H,9-12H2,1H3,(H,22,25)/t19-/m0/s1. The maximum absolute atomic E-state index is 13.1. The molecule has 0 aliphatic carbocycles. The lowest BCUT2D eigenvalue weighted by molar-refractivity contribution is -0.122. The Morgan fingerprint density at radius 2 is 1.92 bits per heavy atom. The van der Waals surface area contributed by atoms with Crippen molar-refractivity contribution >= 4 is 23.2 Å². The predicted molar refractivity (Wildman–Crippen MR) is 103 cm³/mol. The first-order chi connectivity index (χ1) is 12.6. The van der Waals surface area contributed by atoms with E-state index < -0.39 is 6.04 Å². The lowest BCUT2D eigenvalue weighted by Gasteiger charge is -2.35. The summed E-state index contributed by atoms with van der Waals surface area (Å²) in [4.78, 5) is 15.2. The van der Waals surface area contributed by atoms with Crippen LogP contribution in [0.3, 0.4) is 0 Å². The summed E-state index contributed by atoms with van der Waals surface area (Å²) in [5.74, 6) is 0.447. The van der Waals surface area contributed by atoms with Crippen molar-refractivity contribution in [3.63, 3.8) is 0 Å². The molecular formula is C20H23ClN2O3. The van der Waals surface area contributed by atoms with Crippen molar-refractivity contribution in [1.82, 2.24) is 4.90 Å². The fourth-order valence-corrected chi connectivity index (χ4v) is 3.52. The number of carbonyl (C=O) groups excluding carboxylic acids is 1. The molecule has 0 saturated carbocycles. The summed E-state index contributed by atoms with van der Waals surface area (Å²) in [6, 6.07) is 14.5. The Kier molecular flexibility index (Phi) is 6.14. The van der Waals surface area contributed by atoms with Gasteiger partial charge in [0.1, 0.15) is 11.8 Å². The second kappa shape index (κ2) is 8.54. The molecule has 1 atom stereocenters. The summed E-state index contributed by atoms with van der Waals surface area (Å²) < 4.78 is 5.15. The Labute approximate surface area is 158 Å². The Balaban J connectivity index is 1.82. The smallest absolute Gasteiger partial charge is 0.246 e. The zero-order valence-electron chi connectivity index (χ0n) is 14.7. The van der Waals surface area contributed by atoms with Gasteiger partial charge >= 0.3 is 0 Å². The maximum atomic E-state index is 13.1. The summed E-state index contributed by atoms with van der Waals surface area (Å²) in [6.45, 7) is 1.36. The van der Waals surface area contributed by atoms with Gasteiger partial charge in [-0.3, -0.25) is 9.69 Å². The number of aliphatic hydroxyl groups is 1. The van der Waals surface area contributed by atoms with Crippen molar-refractivity contribution < 1.29 is 14.6 Å².